The van der Waals surface area contributed by atoms with E-state index in [0.717, 1.165) is 33.2 Å². The van der Waals surface area contributed by atoms with Crippen LogP contribution in [0.3, 0.4) is 0 Å². The van der Waals surface area contributed by atoms with E-state index in [9.17, 15) is 9.90 Å². The third-order valence-corrected chi connectivity index (χ3v) is 3.95. The molecule has 0 amide bonds. The average Bonchev–Trinajstić information content (AvgIpc) is 2.49. The number of carbonyl (C=O) groups is 1. The van der Waals surface area contributed by atoms with Crippen molar-refractivity contribution in [2.45, 2.75) is 13.3 Å². The topological polar surface area (TPSA) is 50.2 Å². The predicted octanol–water partition coefficient (Wildman–Crippen LogP) is 4.49. The maximum absolute atomic E-state index is 11.3. The first kappa shape index (κ1) is 14.5. The Labute approximate surface area is 133 Å². The number of aryl methyl sites for hydroxylation is 1. The Morgan fingerprint density at radius 1 is 1.23 bits per heavy atom. The number of pyridine rings is 1. The largest absolute Gasteiger partial charge is 0.481 e. The van der Waals surface area contributed by atoms with Gasteiger partial charge in [-0.2, -0.15) is 0 Å². The molecule has 1 N–H and O–H groups in total. The van der Waals surface area contributed by atoms with Crippen LogP contribution in [0.15, 0.2) is 48.7 Å². The molecule has 0 fully saturated rings. The van der Waals surface area contributed by atoms with Crippen molar-refractivity contribution in [1.29, 1.82) is 0 Å². The third-order valence-electron chi connectivity index (χ3n) is 3.70. The summed E-state index contributed by atoms with van der Waals surface area (Å²) in [6.07, 6.45) is 1.72. The van der Waals surface area contributed by atoms with Gasteiger partial charge in [0.1, 0.15) is 0 Å². The summed E-state index contributed by atoms with van der Waals surface area (Å²) in [5, 5.41) is 10.8. The van der Waals surface area contributed by atoms with Gasteiger partial charge < -0.3 is 5.11 Å². The predicted molar refractivity (Wildman–Crippen MR) is 88.3 cm³/mol. The molecule has 22 heavy (non-hydrogen) atoms. The SMILES string of the molecule is Cc1cc2ncccc2c(-c2ccc(Cl)cc2)c1CC(=O)O. The van der Waals surface area contributed by atoms with Gasteiger partial charge in [-0.1, -0.05) is 29.8 Å². The first-order valence-electron chi connectivity index (χ1n) is 6.91. The van der Waals surface area contributed by atoms with Crippen LogP contribution in [0.1, 0.15) is 11.1 Å². The molecular formula is C18H14ClNO2. The Morgan fingerprint density at radius 3 is 2.64 bits per heavy atom. The minimum absolute atomic E-state index is 0.0192. The fourth-order valence-corrected chi connectivity index (χ4v) is 2.85. The van der Waals surface area contributed by atoms with Crippen molar-refractivity contribution in [2.75, 3.05) is 0 Å². The number of aromatic nitrogens is 1. The molecule has 1 heterocycles. The molecule has 0 saturated carbocycles. The van der Waals surface area contributed by atoms with Crippen LogP contribution in [0, 0.1) is 6.92 Å². The van der Waals surface area contributed by atoms with Crippen LogP contribution in [0.25, 0.3) is 22.0 Å². The summed E-state index contributed by atoms with van der Waals surface area (Å²) in [6, 6.07) is 13.2. The molecule has 4 heteroatoms. The van der Waals surface area contributed by atoms with Crippen LogP contribution in [0.2, 0.25) is 5.02 Å². The van der Waals surface area contributed by atoms with E-state index in [4.69, 9.17) is 11.6 Å². The zero-order valence-electron chi connectivity index (χ0n) is 12.0. The van der Waals surface area contributed by atoms with Gasteiger partial charge in [0.2, 0.25) is 0 Å². The van der Waals surface area contributed by atoms with Crippen molar-refractivity contribution < 1.29 is 9.90 Å². The van der Waals surface area contributed by atoms with E-state index in [0.29, 0.717) is 5.02 Å². The maximum atomic E-state index is 11.3. The molecular weight excluding hydrogens is 298 g/mol. The molecule has 0 saturated heterocycles. The zero-order chi connectivity index (χ0) is 15.7. The standard InChI is InChI=1S/C18H14ClNO2/c1-11-9-16-14(3-2-8-20-16)18(15(11)10-17(21)22)12-4-6-13(19)7-5-12/h2-9H,10H2,1H3,(H,21,22). The van der Waals surface area contributed by atoms with E-state index >= 15 is 0 Å². The summed E-state index contributed by atoms with van der Waals surface area (Å²) in [5.41, 5.74) is 4.47. The van der Waals surface area contributed by atoms with Gasteiger partial charge in [-0.3, -0.25) is 9.78 Å². The molecule has 1 aromatic heterocycles. The number of carboxylic acid groups (broad SMARTS) is 1. The number of hydrogen-bond acceptors (Lipinski definition) is 2. The monoisotopic (exact) mass is 311 g/mol. The van der Waals surface area contributed by atoms with Crippen molar-refractivity contribution in [3.8, 4) is 11.1 Å². The number of rotatable bonds is 3. The third kappa shape index (κ3) is 2.68. The molecule has 110 valence electrons. The molecule has 0 aliphatic carbocycles. The Balaban J connectivity index is 2.36. The fraction of sp³-hybridized carbons (Fsp3) is 0.111. The van der Waals surface area contributed by atoms with Gasteiger partial charge in [0.05, 0.1) is 11.9 Å². The Kier molecular flexibility index (Phi) is 3.82. The van der Waals surface area contributed by atoms with Crippen molar-refractivity contribution in [3.05, 3.63) is 64.8 Å². The van der Waals surface area contributed by atoms with Gasteiger partial charge in [-0.15, -0.1) is 0 Å². The van der Waals surface area contributed by atoms with E-state index in [2.05, 4.69) is 4.98 Å². The van der Waals surface area contributed by atoms with Crippen LogP contribution >= 0.6 is 11.6 Å². The van der Waals surface area contributed by atoms with Crippen molar-refractivity contribution in [3.63, 3.8) is 0 Å². The van der Waals surface area contributed by atoms with E-state index < -0.39 is 5.97 Å². The smallest absolute Gasteiger partial charge is 0.307 e. The lowest BCUT2D eigenvalue weighted by Gasteiger charge is -2.15. The van der Waals surface area contributed by atoms with Gasteiger partial charge in [0.15, 0.2) is 0 Å². The zero-order valence-corrected chi connectivity index (χ0v) is 12.8. The maximum Gasteiger partial charge on any atom is 0.307 e. The molecule has 3 nitrogen and oxygen atoms in total. The minimum atomic E-state index is -0.846. The van der Waals surface area contributed by atoms with E-state index in [1.165, 1.54) is 0 Å². The molecule has 0 aliphatic heterocycles. The number of carboxylic acids is 1. The molecule has 2 aromatic carbocycles. The van der Waals surface area contributed by atoms with Crippen LogP contribution in [0.5, 0.6) is 0 Å². The molecule has 0 radical (unpaired) electrons. The first-order chi connectivity index (χ1) is 10.6. The minimum Gasteiger partial charge on any atom is -0.481 e. The van der Waals surface area contributed by atoms with Crippen molar-refractivity contribution >= 4 is 28.5 Å². The summed E-state index contributed by atoms with van der Waals surface area (Å²) in [7, 11) is 0. The van der Waals surface area contributed by atoms with Gasteiger partial charge in [0, 0.05) is 16.6 Å². The number of hydrogen-bond donors (Lipinski definition) is 1. The first-order valence-corrected chi connectivity index (χ1v) is 7.29. The summed E-state index contributed by atoms with van der Waals surface area (Å²) < 4.78 is 0. The summed E-state index contributed by atoms with van der Waals surface area (Å²) >= 11 is 5.97. The lowest BCUT2D eigenvalue weighted by Crippen LogP contribution is -2.05. The molecule has 3 rings (SSSR count). The normalized spacial score (nSPS) is 10.8. The van der Waals surface area contributed by atoms with Crippen molar-refractivity contribution in [1.82, 2.24) is 4.98 Å². The second-order valence-electron chi connectivity index (χ2n) is 5.19. The van der Waals surface area contributed by atoms with Gasteiger partial charge in [-0.25, -0.2) is 0 Å². The quantitative estimate of drug-likeness (QED) is 0.775. The molecule has 0 unspecified atom stereocenters. The number of aliphatic carboxylic acids is 1. The molecule has 0 bridgehead atoms. The number of nitrogens with zero attached hydrogens (tertiary/aromatic N) is 1. The second kappa shape index (κ2) is 5.78. The van der Waals surface area contributed by atoms with Gasteiger partial charge in [-0.05, 0) is 53.4 Å². The Bertz CT molecular complexity index is 857. The molecule has 0 aliphatic rings. The highest BCUT2D eigenvalue weighted by Crippen LogP contribution is 2.34. The van der Waals surface area contributed by atoms with E-state index in [-0.39, 0.29) is 6.42 Å². The molecule has 0 spiro atoms. The van der Waals surface area contributed by atoms with Crippen molar-refractivity contribution in [2.24, 2.45) is 0 Å². The molecule has 0 atom stereocenters. The van der Waals surface area contributed by atoms with E-state index in [1.807, 2.05) is 49.4 Å². The fourth-order valence-electron chi connectivity index (χ4n) is 2.72. The number of fused-ring (bicyclic) bond motifs is 1. The van der Waals surface area contributed by atoms with Crippen LogP contribution < -0.4 is 0 Å². The summed E-state index contributed by atoms with van der Waals surface area (Å²) in [5.74, 6) is -0.846. The van der Waals surface area contributed by atoms with Gasteiger partial charge in [0.25, 0.3) is 0 Å². The number of benzene rings is 2. The summed E-state index contributed by atoms with van der Waals surface area (Å²) in [4.78, 5) is 15.7. The highest BCUT2D eigenvalue weighted by atomic mass is 35.5. The Hall–Kier alpha value is -2.39. The lowest BCUT2D eigenvalue weighted by atomic mass is 9.90. The lowest BCUT2D eigenvalue weighted by molar-refractivity contribution is -0.136. The van der Waals surface area contributed by atoms with E-state index in [1.54, 1.807) is 6.20 Å². The highest BCUT2D eigenvalue weighted by molar-refractivity contribution is 6.30. The molecule has 3 aromatic rings. The van der Waals surface area contributed by atoms with Crippen LogP contribution in [0.4, 0.5) is 0 Å². The average molecular weight is 312 g/mol. The summed E-state index contributed by atoms with van der Waals surface area (Å²) in [6.45, 7) is 1.92. The number of halogens is 1. The highest BCUT2D eigenvalue weighted by Gasteiger charge is 2.16. The van der Waals surface area contributed by atoms with Crippen LogP contribution in [-0.4, -0.2) is 16.1 Å². The second-order valence-corrected chi connectivity index (χ2v) is 5.63. The Morgan fingerprint density at radius 2 is 1.95 bits per heavy atom. The van der Waals surface area contributed by atoms with Gasteiger partial charge >= 0.3 is 5.97 Å². The van der Waals surface area contributed by atoms with Crippen LogP contribution in [-0.2, 0) is 11.2 Å².